The Morgan fingerprint density at radius 2 is 2.00 bits per heavy atom. The molecular weight excluding hydrogens is 303 g/mol. The second-order valence-electron chi connectivity index (χ2n) is 7.96. The molecule has 0 bridgehead atoms. The zero-order chi connectivity index (χ0) is 16.7. The van der Waals surface area contributed by atoms with E-state index < -0.39 is 0 Å². The first kappa shape index (κ1) is 16.1. The number of amides is 1. The highest BCUT2D eigenvalue weighted by Gasteiger charge is 2.48. The fraction of sp³-hybridized carbons (Fsp3) is 0.650. The maximum atomic E-state index is 13.7. The summed E-state index contributed by atoms with van der Waals surface area (Å²) in [5.74, 6) is 1.74. The summed E-state index contributed by atoms with van der Waals surface area (Å²) in [6.07, 6.45) is 5.52. The van der Waals surface area contributed by atoms with Gasteiger partial charge in [-0.15, -0.1) is 0 Å². The Morgan fingerprint density at radius 3 is 2.71 bits per heavy atom. The quantitative estimate of drug-likeness (QED) is 0.847. The Kier molecular flexibility index (Phi) is 4.33. The van der Waals surface area contributed by atoms with Crippen LogP contribution in [0.5, 0.6) is 0 Å². The van der Waals surface area contributed by atoms with E-state index >= 15 is 0 Å². The van der Waals surface area contributed by atoms with Crippen LogP contribution in [-0.2, 0) is 4.79 Å². The van der Waals surface area contributed by atoms with E-state index in [1.165, 1.54) is 38.3 Å². The first-order valence-electron chi connectivity index (χ1n) is 9.37. The van der Waals surface area contributed by atoms with E-state index in [1.807, 2.05) is 11.0 Å². The van der Waals surface area contributed by atoms with E-state index in [-0.39, 0.29) is 17.8 Å². The second-order valence-corrected chi connectivity index (χ2v) is 7.96. The minimum Gasteiger partial charge on any atom is -0.335 e. The molecule has 2 saturated heterocycles. The summed E-state index contributed by atoms with van der Waals surface area (Å²) >= 11 is 0. The monoisotopic (exact) mass is 330 g/mol. The minimum atomic E-state index is -0.208. The van der Waals surface area contributed by atoms with E-state index in [4.69, 9.17) is 0 Å². The molecule has 4 heteroatoms. The van der Waals surface area contributed by atoms with Crippen LogP contribution in [0.25, 0.3) is 0 Å². The molecular formula is C20H27FN2O. The van der Waals surface area contributed by atoms with Crippen LogP contribution in [0.2, 0.25) is 0 Å². The molecule has 1 aromatic carbocycles. The Morgan fingerprint density at radius 1 is 1.21 bits per heavy atom. The fourth-order valence-electron chi connectivity index (χ4n) is 5.29. The van der Waals surface area contributed by atoms with E-state index in [1.54, 1.807) is 19.1 Å². The van der Waals surface area contributed by atoms with Gasteiger partial charge in [0.15, 0.2) is 0 Å². The minimum absolute atomic E-state index is 0.0387. The summed E-state index contributed by atoms with van der Waals surface area (Å²) in [6.45, 7) is 5.82. The Bertz CT molecular complexity index is 613. The Balaban J connectivity index is 1.53. The van der Waals surface area contributed by atoms with Gasteiger partial charge >= 0.3 is 0 Å². The predicted octanol–water partition coefficient (Wildman–Crippen LogP) is 3.47. The molecule has 0 N–H and O–H groups in total. The first-order valence-corrected chi connectivity index (χ1v) is 9.37. The molecule has 0 unspecified atom stereocenters. The number of carbonyl (C=O) groups is 1. The molecule has 24 heavy (non-hydrogen) atoms. The van der Waals surface area contributed by atoms with Crippen molar-refractivity contribution in [2.75, 3.05) is 26.2 Å². The highest BCUT2D eigenvalue weighted by molar-refractivity contribution is 5.74. The van der Waals surface area contributed by atoms with Crippen molar-refractivity contribution in [3.05, 3.63) is 35.6 Å². The zero-order valence-corrected chi connectivity index (χ0v) is 14.5. The highest BCUT2D eigenvalue weighted by Crippen LogP contribution is 2.45. The van der Waals surface area contributed by atoms with Crippen molar-refractivity contribution in [2.45, 2.75) is 38.6 Å². The van der Waals surface area contributed by atoms with Gasteiger partial charge in [0.05, 0.1) is 6.04 Å². The Labute approximate surface area is 143 Å². The van der Waals surface area contributed by atoms with Crippen molar-refractivity contribution in [3.63, 3.8) is 0 Å². The molecule has 130 valence electrons. The molecule has 0 spiro atoms. The van der Waals surface area contributed by atoms with Crippen molar-refractivity contribution in [3.8, 4) is 0 Å². The molecule has 3 aliphatic rings. The van der Waals surface area contributed by atoms with E-state index in [9.17, 15) is 9.18 Å². The molecule has 2 heterocycles. The van der Waals surface area contributed by atoms with Gasteiger partial charge in [0.2, 0.25) is 5.91 Å². The van der Waals surface area contributed by atoms with Gasteiger partial charge in [-0.25, -0.2) is 4.39 Å². The highest BCUT2D eigenvalue weighted by atomic mass is 19.1. The Hall–Kier alpha value is -1.42. The maximum Gasteiger partial charge on any atom is 0.219 e. The lowest BCUT2D eigenvalue weighted by atomic mass is 9.89. The molecule has 0 aromatic heterocycles. The average Bonchev–Trinajstić information content (AvgIpc) is 3.23. The third-order valence-electron chi connectivity index (χ3n) is 6.33. The molecule has 3 atom stereocenters. The lowest BCUT2D eigenvalue weighted by molar-refractivity contribution is -0.130. The van der Waals surface area contributed by atoms with E-state index in [0.717, 1.165) is 31.1 Å². The van der Waals surface area contributed by atoms with Crippen LogP contribution in [0.1, 0.15) is 44.2 Å². The van der Waals surface area contributed by atoms with Gasteiger partial charge in [-0.2, -0.15) is 0 Å². The van der Waals surface area contributed by atoms with Gasteiger partial charge in [-0.1, -0.05) is 25.0 Å². The van der Waals surface area contributed by atoms with Crippen molar-refractivity contribution in [2.24, 2.45) is 17.8 Å². The van der Waals surface area contributed by atoms with Gasteiger partial charge in [-0.3, -0.25) is 4.79 Å². The number of hydrogen-bond donors (Lipinski definition) is 0. The fourth-order valence-corrected chi connectivity index (χ4v) is 5.29. The first-order chi connectivity index (χ1) is 11.6. The van der Waals surface area contributed by atoms with Crippen LogP contribution >= 0.6 is 0 Å². The smallest absolute Gasteiger partial charge is 0.219 e. The number of fused-ring (bicyclic) bond motifs is 1. The summed E-state index contributed by atoms with van der Waals surface area (Å²) in [5, 5.41) is 0. The third-order valence-corrected chi connectivity index (χ3v) is 6.33. The summed E-state index contributed by atoms with van der Waals surface area (Å²) < 4.78 is 13.7. The molecule has 1 saturated carbocycles. The molecule has 4 rings (SSSR count). The van der Waals surface area contributed by atoms with Crippen molar-refractivity contribution in [1.29, 1.82) is 0 Å². The van der Waals surface area contributed by atoms with Gasteiger partial charge in [0, 0.05) is 39.0 Å². The normalized spacial score (nSPS) is 30.9. The zero-order valence-electron chi connectivity index (χ0n) is 14.5. The van der Waals surface area contributed by atoms with Crippen molar-refractivity contribution in [1.82, 2.24) is 9.80 Å². The summed E-state index contributed by atoms with van der Waals surface area (Å²) in [6, 6.07) is 6.88. The van der Waals surface area contributed by atoms with E-state index in [2.05, 4.69) is 4.90 Å². The number of rotatable bonds is 3. The van der Waals surface area contributed by atoms with Gasteiger partial charge in [0.25, 0.3) is 0 Å². The average molecular weight is 330 g/mol. The van der Waals surface area contributed by atoms with Crippen LogP contribution < -0.4 is 0 Å². The number of likely N-dealkylation sites (tertiary alicyclic amines) is 2. The third kappa shape index (κ3) is 2.97. The number of halogens is 1. The number of carbonyl (C=O) groups excluding carboxylic acids is 1. The van der Waals surface area contributed by atoms with E-state index in [0.29, 0.717) is 11.8 Å². The van der Waals surface area contributed by atoms with Crippen LogP contribution in [0.3, 0.4) is 0 Å². The lowest BCUT2D eigenvalue weighted by Gasteiger charge is -2.30. The SMILES string of the molecule is CC(=O)N1C[C@H]2CN(CC3CCCC3)C[C@H]2[C@@H]1c1cccc(F)c1. The summed E-state index contributed by atoms with van der Waals surface area (Å²) in [5.41, 5.74) is 0.959. The molecule has 1 amide bonds. The number of hydrogen-bond acceptors (Lipinski definition) is 2. The van der Waals surface area contributed by atoms with Gasteiger partial charge < -0.3 is 9.80 Å². The van der Waals surface area contributed by atoms with Crippen molar-refractivity contribution < 1.29 is 9.18 Å². The summed E-state index contributed by atoms with van der Waals surface area (Å²) in [4.78, 5) is 16.7. The molecule has 3 nitrogen and oxygen atoms in total. The van der Waals surface area contributed by atoms with Crippen LogP contribution in [0.15, 0.2) is 24.3 Å². The van der Waals surface area contributed by atoms with Crippen LogP contribution in [-0.4, -0.2) is 41.9 Å². The molecule has 0 radical (unpaired) electrons. The molecule has 1 aromatic rings. The molecule has 1 aliphatic carbocycles. The van der Waals surface area contributed by atoms with Crippen molar-refractivity contribution >= 4 is 5.91 Å². The van der Waals surface area contributed by atoms with Gasteiger partial charge in [0.1, 0.15) is 5.82 Å². The predicted molar refractivity (Wildman–Crippen MR) is 91.9 cm³/mol. The number of nitrogens with zero attached hydrogens (tertiary/aromatic N) is 2. The van der Waals surface area contributed by atoms with Crippen LogP contribution in [0, 0.1) is 23.6 Å². The lowest BCUT2D eigenvalue weighted by Crippen LogP contribution is -2.35. The standard InChI is InChI=1S/C20H27FN2O/c1-14(24)23-12-17-11-22(10-15-5-2-3-6-15)13-19(17)20(23)16-7-4-8-18(21)9-16/h4,7-9,15,17,19-20H,2-3,5-6,10-13H2,1H3/t17-,19-,20+/m1/s1. The maximum absolute atomic E-state index is 13.7. The number of benzene rings is 1. The second kappa shape index (κ2) is 6.47. The molecule has 3 fully saturated rings. The topological polar surface area (TPSA) is 23.6 Å². The van der Waals surface area contributed by atoms with Crippen LogP contribution in [0.4, 0.5) is 4.39 Å². The summed E-state index contributed by atoms with van der Waals surface area (Å²) in [7, 11) is 0. The molecule has 2 aliphatic heterocycles. The van der Waals surface area contributed by atoms with Gasteiger partial charge in [-0.05, 0) is 42.4 Å². The largest absolute Gasteiger partial charge is 0.335 e.